The van der Waals surface area contributed by atoms with E-state index in [1.54, 1.807) is 54.2 Å². The van der Waals surface area contributed by atoms with Gasteiger partial charge >= 0.3 is 6.03 Å². The van der Waals surface area contributed by atoms with E-state index in [2.05, 4.69) is 17.6 Å². The van der Waals surface area contributed by atoms with E-state index in [0.717, 1.165) is 21.4 Å². The van der Waals surface area contributed by atoms with Crippen LogP contribution < -0.4 is 15.4 Å². The van der Waals surface area contributed by atoms with E-state index in [0.29, 0.717) is 27.2 Å². The van der Waals surface area contributed by atoms with Crippen LogP contribution in [0.3, 0.4) is 0 Å². The molecule has 35 heavy (non-hydrogen) atoms. The Balaban J connectivity index is 1.50. The SMILES string of the molecule is CCSc1c(Cl)c(Cl)c(Oc2ccc(NC(=O)NC(=O)c3ccccc3Cl)cc2)c2ccccc12. The van der Waals surface area contributed by atoms with E-state index in [1.807, 2.05) is 24.3 Å². The molecule has 0 bridgehead atoms. The van der Waals surface area contributed by atoms with E-state index in [1.165, 1.54) is 6.07 Å². The van der Waals surface area contributed by atoms with Crippen LogP contribution in [0.1, 0.15) is 17.3 Å². The molecule has 4 rings (SSSR count). The summed E-state index contributed by atoms with van der Waals surface area (Å²) in [6, 6.07) is 20.2. The number of amides is 3. The summed E-state index contributed by atoms with van der Waals surface area (Å²) in [4.78, 5) is 25.4. The van der Waals surface area contributed by atoms with Gasteiger partial charge in [0.2, 0.25) is 0 Å². The third-order valence-electron chi connectivity index (χ3n) is 4.97. The van der Waals surface area contributed by atoms with Gasteiger partial charge in [-0.3, -0.25) is 10.1 Å². The topological polar surface area (TPSA) is 67.4 Å². The predicted octanol–water partition coefficient (Wildman–Crippen LogP) is 8.67. The molecule has 9 heteroatoms. The first-order valence-electron chi connectivity index (χ1n) is 10.6. The van der Waals surface area contributed by atoms with Crippen LogP contribution in [0.5, 0.6) is 11.5 Å². The molecule has 0 spiro atoms. The Morgan fingerprint density at radius 2 is 1.51 bits per heavy atom. The minimum atomic E-state index is -0.687. The van der Waals surface area contributed by atoms with Crippen molar-refractivity contribution in [2.45, 2.75) is 11.8 Å². The van der Waals surface area contributed by atoms with Gasteiger partial charge in [-0.2, -0.15) is 0 Å². The fourth-order valence-corrected chi connectivity index (χ4v) is 5.12. The van der Waals surface area contributed by atoms with Crippen LogP contribution in [-0.2, 0) is 0 Å². The van der Waals surface area contributed by atoms with Crippen LogP contribution in [0.4, 0.5) is 10.5 Å². The smallest absolute Gasteiger partial charge is 0.326 e. The van der Waals surface area contributed by atoms with Crippen LogP contribution >= 0.6 is 46.6 Å². The lowest BCUT2D eigenvalue weighted by Crippen LogP contribution is -2.34. The Morgan fingerprint density at radius 3 is 2.20 bits per heavy atom. The Hall–Kier alpha value is -2.90. The van der Waals surface area contributed by atoms with Gasteiger partial charge in [0, 0.05) is 21.4 Å². The van der Waals surface area contributed by atoms with Crippen LogP contribution in [0.2, 0.25) is 15.1 Å². The first kappa shape index (κ1) is 25.2. The Kier molecular flexibility index (Phi) is 8.08. The van der Waals surface area contributed by atoms with Gasteiger partial charge in [0.25, 0.3) is 5.91 Å². The first-order valence-corrected chi connectivity index (χ1v) is 12.7. The maximum Gasteiger partial charge on any atom is 0.326 e. The van der Waals surface area contributed by atoms with E-state index in [-0.39, 0.29) is 10.6 Å². The maximum atomic E-state index is 12.3. The molecular weight excluding hydrogens is 527 g/mol. The predicted molar refractivity (Wildman–Crippen MR) is 145 cm³/mol. The van der Waals surface area contributed by atoms with E-state index < -0.39 is 11.9 Å². The van der Waals surface area contributed by atoms with Crippen molar-refractivity contribution in [1.82, 2.24) is 5.32 Å². The number of anilines is 1. The molecule has 0 saturated carbocycles. The molecule has 0 radical (unpaired) electrons. The summed E-state index contributed by atoms with van der Waals surface area (Å²) >= 11 is 20.8. The maximum absolute atomic E-state index is 12.3. The standard InChI is InChI=1S/C26H19Cl3N2O3S/c1-2-35-24-18-8-4-3-7-17(18)23(21(28)22(24)29)34-16-13-11-15(12-14-16)30-26(33)31-25(32)19-9-5-6-10-20(19)27/h3-14H,2H2,1H3,(H2,30,31,32,33). The van der Waals surface area contributed by atoms with Crippen molar-refractivity contribution in [3.05, 3.63) is 93.4 Å². The zero-order valence-electron chi connectivity index (χ0n) is 18.4. The summed E-state index contributed by atoms with van der Waals surface area (Å²) in [5.41, 5.74) is 0.671. The fraction of sp³-hybridized carbons (Fsp3) is 0.0769. The molecule has 0 atom stereocenters. The Morgan fingerprint density at radius 1 is 0.857 bits per heavy atom. The Bertz CT molecular complexity index is 1410. The minimum absolute atomic E-state index is 0.208. The van der Waals surface area contributed by atoms with Crippen LogP contribution in [-0.4, -0.2) is 17.7 Å². The number of hydrogen-bond acceptors (Lipinski definition) is 4. The highest BCUT2D eigenvalue weighted by Crippen LogP contribution is 2.47. The number of nitrogens with one attached hydrogen (secondary N) is 2. The molecule has 5 nitrogen and oxygen atoms in total. The van der Waals surface area contributed by atoms with E-state index in [9.17, 15) is 9.59 Å². The third-order valence-corrected chi connectivity index (χ3v) is 7.25. The van der Waals surface area contributed by atoms with Gasteiger partial charge in [-0.15, -0.1) is 11.8 Å². The summed E-state index contributed by atoms with van der Waals surface area (Å²) in [7, 11) is 0. The van der Waals surface area contributed by atoms with Crippen LogP contribution in [0, 0.1) is 0 Å². The number of carbonyl (C=O) groups excluding carboxylic acids is 2. The Labute approximate surface area is 221 Å². The molecule has 0 aliphatic carbocycles. The van der Waals surface area contributed by atoms with Gasteiger partial charge in [0.1, 0.15) is 10.8 Å². The summed E-state index contributed by atoms with van der Waals surface area (Å²) in [5, 5.41) is 7.70. The number of ether oxygens (including phenoxy) is 1. The van der Waals surface area contributed by atoms with Crippen molar-refractivity contribution in [3.63, 3.8) is 0 Å². The molecule has 4 aromatic carbocycles. The van der Waals surface area contributed by atoms with Crippen molar-refractivity contribution in [1.29, 1.82) is 0 Å². The van der Waals surface area contributed by atoms with Crippen molar-refractivity contribution >= 4 is 75.0 Å². The normalized spacial score (nSPS) is 10.7. The monoisotopic (exact) mass is 544 g/mol. The third kappa shape index (κ3) is 5.68. The molecule has 4 aromatic rings. The van der Waals surface area contributed by atoms with Gasteiger partial charge in [-0.25, -0.2) is 4.79 Å². The number of halogens is 3. The quantitative estimate of drug-likeness (QED) is 0.238. The van der Waals surface area contributed by atoms with E-state index in [4.69, 9.17) is 39.5 Å². The second-order valence-corrected chi connectivity index (χ2v) is 9.72. The molecule has 0 heterocycles. The molecule has 2 N–H and O–H groups in total. The molecule has 0 saturated heterocycles. The summed E-state index contributed by atoms with van der Waals surface area (Å²) in [6.45, 7) is 2.05. The van der Waals surface area contributed by atoms with Gasteiger partial charge < -0.3 is 10.1 Å². The van der Waals surface area contributed by atoms with Crippen molar-refractivity contribution < 1.29 is 14.3 Å². The van der Waals surface area contributed by atoms with Crippen LogP contribution in [0.15, 0.2) is 77.7 Å². The number of benzene rings is 4. The second-order valence-electron chi connectivity index (χ2n) is 7.28. The summed E-state index contributed by atoms with van der Waals surface area (Å²) in [5.74, 6) is 1.21. The summed E-state index contributed by atoms with van der Waals surface area (Å²) < 4.78 is 6.11. The molecule has 0 fully saturated rings. The molecule has 3 amide bonds. The lowest BCUT2D eigenvalue weighted by molar-refractivity contribution is 0.0967. The zero-order valence-corrected chi connectivity index (χ0v) is 21.5. The highest BCUT2D eigenvalue weighted by atomic mass is 35.5. The molecule has 0 aliphatic heterocycles. The number of urea groups is 1. The number of imide groups is 1. The zero-order chi connectivity index (χ0) is 24.9. The number of thioether (sulfide) groups is 1. The molecule has 0 aliphatic rings. The highest BCUT2D eigenvalue weighted by molar-refractivity contribution is 7.99. The van der Waals surface area contributed by atoms with Crippen molar-refractivity contribution in [2.24, 2.45) is 0 Å². The van der Waals surface area contributed by atoms with Crippen molar-refractivity contribution in [2.75, 3.05) is 11.1 Å². The van der Waals surface area contributed by atoms with Gasteiger partial charge in [0.15, 0.2) is 5.75 Å². The van der Waals surface area contributed by atoms with Gasteiger partial charge in [0.05, 0.1) is 15.6 Å². The number of fused-ring (bicyclic) bond motifs is 1. The highest BCUT2D eigenvalue weighted by Gasteiger charge is 2.19. The van der Waals surface area contributed by atoms with Crippen molar-refractivity contribution in [3.8, 4) is 11.5 Å². The first-order chi connectivity index (χ1) is 16.9. The number of rotatable bonds is 6. The van der Waals surface area contributed by atoms with Gasteiger partial charge in [-0.05, 0) is 42.2 Å². The number of hydrogen-bond donors (Lipinski definition) is 2. The number of carbonyl (C=O) groups is 2. The van der Waals surface area contributed by atoms with E-state index >= 15 is 0 Å². The lowest BCUT2D eigenvalue weighted by Gasteiger charge is -2.16. The average Bonchev–Trinajstić information content (AvgIpc) is 2.85. The molecular formula is C26H19Cl3N2O3S. The molecule has 0 aromatic heterocycles. The minimum Gasteiger partial charge on any atom is -0.455 e. The summed E-state index contributed by atoms with van der Waals surface area (Å²) in [6.07, 6.45) is 0. The lowest BCUT2D eigenvalue weighted by atomic mass is 10.1. The molecule has 0 unspecified atom stereocenters. The largest absolute Gasteiger partial charge is 0.455 e. The average molecular weight is 546 g/mol. The fourth-order valence-electron chi connectivity index (χ4n) is 3.40. The van der Waals surface area contributed by atoms with Gasteiger partial charge in [-0.1, -0.05) is 78.1 Å². The van der Waals surface area contributed by atoms with Crippen LogP contribution in [0.25, 0.3) is 10.8 Å². The second kappa shape index (κ2) is 11.2. The molecule has 178 valence electrons.